The molecule has 0 radical (unpaired) electrons. The summed E-state index contributed by atoms with van der Waals surface area (Å²) in [5.74, 6) is 0.756. The number of nitrogens with two attached hydrogens (primary N) is 1. The lowest BCUT2D eigenvalue weighted by atomic mass is 9.93. The predicted octanol–water partition coefficient (Wildman–Crippen LogP) is 3.02. The number of nitrogens with zero attached hydrogens (tertiary/aromatic N) is 1. The van der Waals surface area contributed by atoms with Crippen molar-refractivity contribution < 1.29 is 0 Å². The molecule has 1 heterocycles. The Morgan fingerprint density at radius 3 is 2.56 bits per heavy atom. The second-order valence-corrected chi connectivity index (χ2v) is 5.44. The van der Waals surface area contributed by atoms with E-state index in [4.69, 9.17) is 5.73 Å². The van der Waals surface area contributed by atoms with Crippen LogP contribution in [-0.4, -0.2) is 30.6 Å². The lowest BCUT2D eigenvalue weighted by Gasteiger charge is -2.37. The Balaban J connectivity index is 2.13. The zero-order valence-corrected chi connectivity index (χ0v) is 11.3. The van der Waals surface area contributed by atoms with Crippen LogP contribution in [0.2, 0.25) is 0 Å². The molecule has 16 heavy (non-hydrogen) atoms. The van der Waals surface area contributed by atoms with Crippen LogP contribution in [-0.2, 0) is 0 Å². The first-order valence-electron chi connectivity index (χ1n) is 7.22. The first-order valence-corrected chi connectivity index (χ1v) is 7.22. The van der Waals surface area contributed by atoms with Gasteiger partial charge in [0, 0.05) is 12.6 Å². The normalized spacial score (nSPS) is 27.2. The maximum Gasteiger partial charge on any atom is 0.00671 e. The van der Waals surface area contributed by atoms with Crippen molar-refractivity contribution in [1.29, 1.82) is 0 Å². The summed E-state index contributed by atoms with van der Waals surface area (Å²) in [5.41, 5.74) is 5.78. The van der Waals surface area contributed by atoms with Gasteiger partial charge in [0.05, 0.1) is 0 Å². The number of likely N-dealkylation sites (tertiary alicyclic amines) is 1. The third-order valence-corrected chi connectivity index (χ3v) is 3.99. The molecule has 0 aliphatic carbocycles. The van der Waals surface area contributed by atoms with Gasteiger partial charge in [-0.25, -0.2) is 0 Å². The third-order valence-electron chi connectivity index (χ3n) is 3.99. The zero-order chi connectivity index (χ0) is 11.8. The van der Waals surface area contributed by atoms with Crippen molar-refractivity contribution in [3.05, 3.63) is 0 Å². The SMILES string of the molecule is CCCCCCCN1CC(CN)CCC1C. The molecular weight excluding hydrogens is 196 g/mol. The van der Waals surface area contributed by atoms with Gasteiger partial charge in [0.1, 0.15) is 0 Å². The predicted molar refractivity (Wildman–Crippen MR) is 71.6 cm³/mol. The van der Waals surface area contributed by atoms with Gasteiger partial charge in [0.25, 0.3) is 0 Å². The maximum absolute atomic E-state index is 5.78. The number of rotatable bonds is 7. The standard InChI is InChI=1S/C14H30N2/c1-3-4-5-6-7-10-16-12-14(11-15)9-8-13(16)2/h13-14H,3-12,15H2,1-2H3. The van der Waals surface area contributed by atoms with Crippen molar-refractivity contribution in [2.45, 2.75) is 64.8 Å². The molecule has 96 valence electrons. The summed E-state index contributed by atoms with van der Waals surface area (Å²) in [6, 6.07) is 0.786. The van der Waals surface area contributed by atoms with Crippen LogP contribution < -0.4 is 5.73 Å². The van der Waals surface area contributed by atoms with Crippen molar-refractivity contribution in [2.75, 3.05) is 19.6 Å². The first kappa shape index (κ1) is 14.0. The fourth-order valence-electron chi connectivity index (χ4n) is 2.68. The summed E-state index contributed by atoms with van der Waals surface area (Å²) in [5, 5.41) is 0. The highest BCUT2D eigenvalue weighted by Gasteiger charge is 2.23. The summed E-state index contributed by atoms with van der Waals surface area (Å²) in [6.07, 6.45) is 9.63. The number of hydrogen-bond donors (Lipinski definition) is 1. The molecule has 2 nitrogen and oxygen atoms in total. The Labute approximate surface area is 102 Å². The second kappa shape index (κ2) is 8.08. The van der Waals surface area contributed by atoms with Crippen LogP contribution in [0.5, 0.6) is 0 Å². The molecule has 1 saturated heterocycles. The topological polar surface area (TPSA) is 29.3 Å². The minimum absolute atomic E-state index is 0.756. The Morgan fingerprint density at radius 2 is 1.88 bits per heavy atom. The molecule has 2 atom stereocenters. The summed E-state index contributed by atoms with van der Waals surface area (Å²) < 4.78 is 0. The molecule has 1 rings (SSSR count). The summed E-state index contributed by atoms with van der Waals surface area (Å²) in [7, 11) is 0. The fourth-order valence-corrected chi connectivity index (χ4v) is 2.68. The van der Waals surface area contributed by atoms with E-state index in [1.807, 2.05) is 0 Å². The van der Waals surface area contributed by atoms with Gasteiger partial charge in [0.2, 0.25) is 0 Å². The van der Waals surface area contributed by atoms with Crippen LogP contribution in [0.4, 0.5) is 0 Å². The molecule has 0 spiro atoms. The van der Waals surface area contributed by atoms with Crippen molar-refractivity contribution in [1.82, 2.24) is 4.90 Å². The van der Waals surface area contributed by atoms with Gasteiger partial charge in [-0.05, 0) is 45.2 Å². The van der Waals surface area contributed by atoms with Gasteiger partial charge >= 0.3 is 0 Å². The third kappa shape index (κ3) is 4.84. The van der Waals surface area contributed by atoms with Gasteiger partial charge in [-0.15, -0.1) is 0 Å². The second-order valence-electron chi connectivity index (χ2n) is 5.44. The average molecular weight is 226 g/mol. The Kier molecular flexibility index (Phi) is 7.06. The van der Waals surface area contributed by atoms with E-state index in [9.17, 15) is 0 Å². The monoisotopic (exact) mass is 226 g/mol. The molecule has 1 aliphatic heterocycles. The van der Waals surface area contributed by atoms with E-state index >= 15 is 0 Å². The lowest BCUT2D eigenvalue weighted by molar-refractivity contribution is 0.118. The average Bonchev–Trinajstić information content (AvgIpc) is 2.31. The smallest absolute Gasteiger partial charge is 0.00671 e. The molecule has 1 aliphatic rings. The van der Waals surface area contributed by atoms with Crippen molar-refractivity contribution in [3.8, 4) is 0 Å². The number of piperidine rings is 1. The van der Waals surface area contributed by atoms with Crippen molar-refractivity contribution in [2.24, 2.45) is 11.7 Å². The molecule has 0 aromatic heterocycles. The van der Waals surface area contributed by atoms with E-state index in [0.717, 1.165) is 18.5 Å². The molecule has 2 heteroatoms. The largest absolute Gasteiger partial charge is 0.330 e. The highest BCUT2D eigenvalue weighted by molar-refractivity contribution is 4.79. The van der Waals surface area contributed by atoms with Crippen LogP contribution in [0.1, 0.15) is 58.8 Å². The molecular formula is C14H30N2. The van der Waals surface area contributed by atoms with E-state index in [1.165, 1.54) is 58.0 Å². The van der Waals surface area contributed by atoms with Crippen LogP contribution in [0.3, 0.4) is 0 Å². The number of unbranched alkanes of at least 4 members (excludes halogenated alkanes) is 4. The molecule has 0 aromatic rings. The van der Waals surface area contributed by atoms with Crippen LogP contribution in [0.25, 0.3) is 0 Å². The van der Waals surface area contributed by atoms with E-state index in [-0.39, 0.29) is 0 Å². The van der Waals surface area contributed by atoms with Gasteiger partial charge in [-0.2, -0.15) is 0 Å². The van der Waals surface area contributed by atoms with Crippen LogP contribution >= 0.6 is 0 Å². The summed E-state index contributed by atoms with van der Waals surface area (Å²) in [4.78, 5) is 2.66. The molecule has 0 amide bonds. The van der Waals surface area contributed by atoms with E-state index in [1.54, 1.807) is 0 Å². The quantitative estimate of drug-likeness (QED) is 0.676. The molecule has 1 fully saturated rings. The molecule has 0 bridgehead atoms. The molecule has 0 saturated carbocycles. The fraction of sp³-hybridized carbons (Fsp3) is 1.00. The van der Waals surface area contributed by atoms with Crippen LogP contribution in [0, 0.1) is 5.92 Å². The highest BCUT2D eigenvalue weighted by Crippen LogP contribution is 2.21. The lowest BCUT2D eigenvalue weighted by Crippen LogP contribution is -2.44. The van der Waals surface area contributed by atoms with E-state index in [2.05, 4.69) is 18.7 Å². The van der Waals surface area contributed by atoms with Gasteiger partial charge in [0.15, 0.2) is 0 Å². The van der Waals surface area contributed by atoms with Gasteiger partial charge < -0.3 is 10.6 Å². The first-order chi connectivity index (χ1) is 7.77. The maximum atomic E-state index is 5.78. The molecule has 0 aromatic carbocycles. The van der Waals surface area contributed by atoms with Gasteiger partial charge in [-0.3, -0.25) is 0 Å². The van der Waals surface area contributed by atoms with Crippen molar-refractivity contribution in [3.63, 3.8) is 0 Å². The summed E-state index contributed by atoms with van der Waals surface area (Å²) in [6.45, 7) is 8.06. The molecule has 2 N–H and O–H groups in total. The Hall–Kier alpha value is -0.0800. The van der Waals surface area contributed by atoms with Crippen molar-refractivity contribution >= 4 is 0 Å². The van der Waals surface area contributed by atoms with E-state index in [0.29, 0.717) is 0 Å². The Bertz CT molecular complexity index is 170. The van der Waals surface area contributed by atoms with Crippen LogP contribution in [0.15, 0.2) is 0 Å². The minimum Gasteiger partial charge on any atom is -0.330 e. The highest BCUT2D eigenvalue weighted by atomic mass is 15.2. The minimum atomic E-state index is 0.756. The Morgan fingerprint density at radius 1 is 1.12 bits per heavy atom. The van der Waals surface area contributed by atoms with E-state index < -0.39 is 0 Å². The summed E-state index contributed by atoms with van der Waals surface area (Å²) >= 11 is 0. The molecule has 2 unspecified atom stereocenters. The number of hydrogen-bond acceptors (Lipinski definition) is 2. The van der Waals surface area contributed by atoms with Gasteiger partial charge in [-0.1, -0.05) is 32.6 Å². The zero-order valence-electron chi connectivity index (χ0n) is 11.3.